The summed E-state index contributed by atoms with van der Waals surface area (Å²) in [4.78, 5) is 2.01. The predicted molar refractivity (Wildman–Crippen MR) is 66.5 cm³/mol. The van der Waals surface area contributed by atoms with Crippen molar-refractivity contribution in [3.63, 3.8) is 0 Å². The van der Waals surface area contributed by atoms with Crippen molar-refractivity contribution in [3.05, 3.63) is 24.0 Å². The predicted octanol–water partition coefficient (Wildman–Crippen LogP) is 1.27. The molecule has 0 spiro atoms. The Balaban J connectivity index is 2.49. The van der Waals surface area contributed by atoms with E-state index in [2.05, 4.69) is 5.32 Å². The van der Waals surface area contributed by atoms with E-state index in [-0.39, 0.29) is 4.90 Å². The zero-order chi connectivity index (χ0) is 12.5. The van der Waals surface area contributed by atoms with Crippen LogP contribution >= 0.6 is 0 Å². The van der Waals surface area contributed by atoms with Crippen molar-refractivity contribution in [3.8, 4) is 0 Å². The molecule has 1 fully saturated rings. The molecule has 0 amide bonds. The highest BCUT2D eigenvalue weighted by molar-refractivity contribution is 7.91. The number of rotatable bonds is 2. The molecule has 1 atom stereocenters. The molecular weight excluding hydrogens is 241 g/mol. The summed E-state index contributed by atoms with van der Waals surface area (Å²) < 4.78 is 33.2. The molecule has 1 aromatic rings. The summed E-state index contributed by atoms with van der Waals surface area (Å²) in [5.74, 6) is -0.552. The highest BCUT2D eigenvalue weighted by Gasteiger charge is 2.21. The minimum Gasteiger partial charge on any atom is -0.368 e. The molecule has 2 rings (SSSR count). The van der Waals surface area contributed by atoms with Crippen molar-refractivity contribution in [2.75, 3.05) is 37.3 Å². The molecule has 1 aromatic carbocycles. The second kappa shape index (κ2) is 4.62. The van der Waals surface area contributed by atoms with Gasteiger partial charge in [0.25, 0.3) is 0 Å². The lowest BCUT2D eigenvalue weighted by Gasteiger charge is -2.31. The van der Waals surface area contributed by atoms with E-state index in [9.17, 15) is 8.60 Å². The van der Waals surface area contributed by atoms with Crippen molar-refractivity contribution in [1.29, 1.82) is 4.78 Å². The van der Waals surface area contributed by atoms with E-state index in [4.69, 9.17) is 4.78 Å². The molecule has 0 saturated carbocycles. The Morgan fingerprint density at radius 2 is 2.06 bits per heavy atom. The van der Waals surface area contributed by atoms with E-state index in [1.54, 1.807) is 12.1 Å². The van der Waals surface area contributed by atoms with E-state index >= 15 is 0 Å². The fraction of sp³-hybridized carbons (Fsp3) is 0.455. The summed E-state index contributed by atoms with van der Waals surface area (Å²) in [6.07, 6.45) is 1.26. The first-order chi connectivity index (χ1) is 8.00. The molecule has 1 heterocycles. The van der Waals surface area contributed by atoms with Gasteiger partial charge in [0.15, 0.2) is 0 Å². The van der Waals surface area contributed by atoms with Gasteiger partial charge in [-0.3, -0.25) is 0 Å². The SMILES string of the molecule is C[S@](=N)(=O)c1c(F)cccc1N1CCNCC1. The summed E-state index contributed by atoms with van der Waals surface area (Å²) in [6.45, 7) is 3.12. The normalized spacial score (nSPS) is 20.0. The van der Waals surface area contributed by atoms with Crippen molar-refractivity contribution >= 4 is 15.4 Å². The number of nitrogens with zero attached hydrogens (tertiary/aromatic N) is 1. The first-order valence-electron chi connectivity index (χ1n) is 5.48. The highest BCUT2D eigenvalue weighted by Crippen LogP contribution is 2.28. The van der Waals surface area contributed by atoms with Crippen LogP contribution in [0.3, 0.4) is 0 Å². The van der Waals surface area contributed by atoms with Gasteiger partial charge in [0, 0.05) is 32.4 Å². The zero-order valence-electron chi connectivity index (χ0n) is 9.70. The molecule has 94 valence electrons. The van der Waals surface area contributed by atoms with Crippen LogP contribution in [0, 0.1) is 10.6 Å². The second-order valence-electron chi connectivity index (χ2n) is 4.17. The zero-order valence-corrected chi connectivity index (χ0v) is 10.5. The van der Waals surface area contributed by atoms with Crippen LogP contribution in [0.1, 0.15) is 0 Å². The monoisotopic (exact) mass is 257 g/mol. The first-order valence-corrected chi connectivity index (χ1v) is 7.45. The van der Waals surface area contributed by atoms with E-state index in [1.807, 2.05) is 4.90 Å². The maximum Gasteiger partial charge on any atom is 0.142 e. The second-order valence-corrected chi connectivity index (χ2v) is 6.26. The van der Waals surface area contributed by atoms with Crippen LogP contribution in [0.5, 0.6) is 0 Å². The van der Waals surface area contributed by atoms with Crippen molar-refractivity contribution < 1.29 is 8.60 Å². The quantitative estimate of drug-likeness (QED) is 0.839. The van der Waals surface area contributed by atoms with E-state index in [1.165, 1.54) is 12.3 Å². The minimum absolute atomic E-state index is 0.0295. The third-order valence-electron chi connectivity index (χ3n) is 2.79. The van der Waals surface area contributed by atoms with Crippen LogP contribution in [-0.2, 0) is 9.73 Å². The van der Waals surface area contributed by atoms with Gasteiger partial charge in [0.2, 0.25) is 0 Å². The Bertz CT molecular complexity index is 509. The lowest BCUT2D eigenvalue weighted by Crippen LogP contribution is -2.44. The summed E-state index contributed by atoms with van der Waals surface area (Å²) in [5.41, 5.74) is 0.592. The number of nitrogens with one attached hydrogen (secondary N) is 2. The third kappa shape index (κ3) is 2.58. The maximum absolute atomic E-state index is 13.8. The molecule has 1 aliphatic heterocycles. The molecule has 0 aromatic heterocycles. The van der Waals surface area contributed by atoms with Crippen molar-refractivity contribution in [2.45, 2.75) is 4.90 Å². The van der Waals surface area contributed by atoms with Gasteiger partial charge in [-0.25, -0.2) is 13.4 Å². The first kappa shape index (κ1) is 12.3. The van der Waals surface area contributed by atoms with Gasteiger partial charge in [0.05, 0.1) is 15.4 Å². The van der Waals surface area contributed by atoms with Gasteiger partial charge in [-0.1, -0.05) is 6.07 Å². The van der Waals surface area contributed by atoms with E-state index in [0.717, 1.165) is 26.2 Å². The number of benzene rings is 1. The number of piperazine rings is 1. The minimum atomic E-state index is -3.05. The lowest BCUT2D eigenvalue weighted by atomic mass is 10.2. The van der Waals surface area contributed by atoms with Gasteiger partial charge in [0.1, 0.15) is 10.7 Å². The van der Waals surface area contributed by atoms with Crippen LogP contribution in [0.4, 0.5) is 10.1 Å². The van der Waals surface area contributed by atoms with Gasteiger partial charge < -0.3 is 10.2 Å². The summed E-state index contributed by atoms with van der Waals surface area (Å²) >= 11 is 0. The largest absolute Gasteiger partial charge is 0.368 e. The Kier molecular flexibility index (Phi) is 3.35. The molecule has 4 nitrogen and oxygen atoms in total. The topological polar surface area (TPSA) is 56.2 Å². The maximum atomic E-state index is 13.8. The molecule has 17 heavy (non-hydrogen) atoms. The number of halogens is 1. The Labute approximate surface area is 101 Å². The average molecular weight is 257 g/mol. The molecule has 1 aliphatic rings. The van der Waals surface area contributed by atoms with E-state index in [0.29, 0.717) is 5.69 Å². The standard InChI is InChI=1S/C11H16FN3OS/c1-17(13,16)11-9(12)3-2-4-10(11)15-7-5-14-6-8-15/h2-4,13-14H,5-8H2,1H3/t17-/m0/s1. The average Bonchev–Trinajstić information content (AvgIpc) is 2.28. The molecule has 0 radical (unpaired) electrons. The molecule has 0 unspecified atom stereocenters. The van der Waals surface area contributed by atoms with E-state index < -0.39 is 15.5 Å². The van der Waals surface area contributed by atoms with Gasteiger partial charge in [-0.05, 0) is 12.1 Å². The lowest BCUT2D eigenvalue weighted by molar-refractivity contribution is 0.569. The van der Waals surface area contributed by atoms with Crippen molar-refractivity contribution in [1.82, 2.24) is 5.32 Å². The van der Waals surface area contributed by atoms with Crippen LogP contribution in [0.15, 0.2) is 23.1 Å². The van der Waals surface area contributed by atoms with Crippen LogP contribution in [-0.4, -0.2) is 36.6 Å². The fourth-order valence-corrected chi connectivity index (χ4v) is 3.07. The number of hydrogen-bond acceptors (Lipinski definition) is 4. The number of hydrogen-bond donors (Lipinski definition) is 2. The Morgan fingerprint density at radius 1 is 1.41 bits per heavy atom. The summed E-state index contributed by atoms with van der Waals surface area (Å²) in [7, 11) is -3.05. The van der Waals surface area contributed by atoms with Gasteiger partial charge >= 0.3 is 0 Å². The smallest absolute Gasteiger partial charge is 0.142 e. The van der Waals surface area contributed by atoms with Crippen LogP contribution in [0.25, 0.3) is 0 Å². The Hall–Kier alpha value is -1.14. The summed E-state index contributed by atoms with van der Waals surface area (Å²) in [6, 6.07) is 4.60. The molecule has 1 saturated heterocycles. The van der Waals surface area contributed by atoms with Crippen LogP contribution < -0.4 is 10.2 Å². The molecule has 2 N–H and O–H groups in total. The Morgan fingerprint density at radius 3 is 2.65 bits per heavy atom. The third-order valence-corrected chi connectivity index (χ3v) is 3.98. The summed E-state index contributed by atoms with van der Waals surface area (Å²) in [5, 5.41) is 3.20. The number of anilines is 1. The molecule has 6 heteroatoms. The fourth-order valence-electron chi connectivity index (χ4n) is 2.04. The van der Waals surface area contributed by atoms with Crippen LogP contribution in [0.2, 0.25) is 0 Å². The van der Waals surface area contributed by atoms with Crippen molar-refractivity contribution in [2.24, 2.45) is 0 Å². The molecule has 0 bridgehead atoms. The molecular formula is C11H16FN3OS. The van der Waals surface area contributed by atoms with Gasteiger partial charge in [-0.2, -0.15) is 0 Å². The van der Waals surface area contributed by atoms with Gasteiger partial charge in [-0.15, -0.1) is 0 Å². The highest BCUT2D eigenvalue weighted by atomic mass is 32.2. The molecule has 0 aliphatic carbocycles.